The number of nitrogens with one attached hydrogen (secondary N) is 1. The fourth-order valence-electron chi connectivity index (χ4n) is 1.53. The molecular weight excluding hydrogens is 184 g/mol. The summed E-state index contributed by atoms with van der Waals surface area (Å²) in [5.41, 5.74) is 0.638. The van der Waals surface area contributed by atoms with Crippen LogP contribution in [-0.4, -0.2) is 6.04 Å². The molecule has 0 amide bonds. The van der Waals surface area contributed by atoms with Crippen LogP contribution in [0, 0.1) is 18.6 Å². The van der Waals surface area contributed by atoms with Gasteiger partial charge in [0.2, 0.25) is 0 Å². The van der Waals surface area contributed by atoms with Gasteiger partial charge in [-0.15, -0.1) is 0 Å². The molecule has 3 heteroatoms. The van der Waals surface area contributed by atoms with Gasteiger partial charge in [-0.25, -0.2) is 8.78 Å². The van der Waals surface area contributed by atoms with Gasteiger partial charge >= 0.3 is 0 Å². The number of benzene rings is 1. The van der Waals surface area contributed by atoms with Gasteiger partial charge in [0.1, 0.15) is 11.6 Å². The maximum Gasteiger partial charge on any atom is 0.146 e. The van der Waals surface area contributed by atoms with Gasteiger partial charge in [0.05, 0.1) is 5.69 Å². The van der Waals surface area contributed by atoms with Gasteiger partial charge in [0, 0.05) is 12.1 Å². The van der Waals surface area contributed by atoms with Crippen LogP contribution in [0.5, 0.6) is 0 Å². The van der Waals surface area contributed by atoms with Crippen LogP contribution >= 0.6 is 0 Å². The summed E-state index contributed by atoms with van der Waals surface area (Å²) in [4.78, 5) is 0. The van der Waals surface area contributed by atoms with E-state index in [2.05, 4.69) is 5.32 Å². The van der Waals surface area contributed by atoms with Crippen LogP contribution in [0.1, 0.15) is 24.8 Å². The van der Waals surface area contributed by atoms with E-state index in [1.807, 2.05) is 0 Å². The molecule has 76 valence electrons. The third kappa shape index (κ3) is 1.72. The molecule has 14 heavy (non-hydrogen) atoms. The highest BCUT2D eigenvalue weighted by Crippen LogP contribution is 2.26. The lowest BCUT2D eigenvalue weighted by Gasteiger charge is -2.27. The number of anilines is 1. The minimum absolute atomic E-state index is 0.290. The Bertz CT molecular complexity index is 345. The van der Waals surface area contributed by atoms with E-state index in [0.717, 1.165) is 12.8 Å². The lowest BCUT2D eigenvalue weighted by atomic mass is 9.93. The Labute approximate surface area is 82.1 Å². The smallest absolute Gasteiger partial charge is 0.146 e. The van der Waals surface area contributed by atoms with Gasteiger partial charge in [0.25, 0.3) is 0 Å². The quantitative estimate of drug-likeness (QED) is 0.767. The molecule has 0 radical (unpaired) electrons. The first-order valence-corrected chi connectivity index (χ1v) is 4.89. The van der Waals surface area contributed by atoms with Crippen molar-refractivity contribution in [3.63, 3.8) is 0 Å². The van der Waals surface area contributed by atoms with Crippen LogP contribution in [0.15, 0.2) is 12.1 Å². The third-order valence-corrected chi connectivity index (χ3v) is 2.71. The van der Waals surface area contributed by atoms with Gasteiger partial charge < -0.3 is 5.32 Å². The zero-order valence-corrected chi connectivity index (χ0v) is 8.11. The van der Waals surface area contributed by atoms with E-state index in [4.69, 9.17) is 0 Å². The second kappa shape index (κ2) is 3.56. The molecule has 2 rings (SSSR count). The Morgan fingerprint density at radius 1 is 1.21 bits per heavy atom. The molecule has 0 unspecified atom stereocenters. The largest absolute Gasteiger partial charge is 0.380 e. The third-order valence-electron chi connectivity index (χ3n) is 2.71. The minimum Gasteiger partial charge on any atom is -0.380 e. The van der Waals surface area contributed by atoms with Crippen molar-refractivity contribution in [2.45, 2.75) is 32.2 Å². The van der Waals surface area contributed by atoms with Crippen LogP contribution in [-0.2, 0) is 0 Å². The molecule has 1 aromatic carbocycles. The molecule has 0 saturated heterocycles. The number of hydrogen-bond donors (Lipinski definition) is 1. The molecule has 0 bridgehead atoms. The number of hydrogen-bond acceptors (Lipinski definition) is 1. The fraction of sp³-hybridized carbons (Fsp3) is 0.455. The first kappa shape index (κ1) is 9.44. The van der Waals surface area contributed by atoms with E-state index in [1.54, 1.807) is 6.92 Å². The molecule has 0 atom stereocenters. The molecule has 0 spiro atoms. The molecular formula is C11H13F2N. The first-order valence-electron chi connectivity index (χ1n) is 4.89. The molecule has 0 aromatic heterocycles. The van der Waals surface area contributed by atoms with Crippen LogP contribution in [0.4, 0.5) is 14.5 Å². The van der Waals surface area contributed by atoms with E-state index in [9.17, 15) is 8.78 Å². The number of rotatable bonds is 2. The van der Waals surface area contributed by atoms with E-state index in [0.29, 0.717) is 11.6 Å². The van der Waals surface area contributed by atoms with Crippen molar-refractivity contribution >= 4 is 5.69 Å². The Morgan fingerprint density at radius 2 is 1.93 bits per heavy atom. The average Bonchev–Trinajstić information content (AvgIpc) is 2.06. The molecule has 1 nitrogen and oxygen atoms in total. The summed E-state index contributed by atoms with van der Waals surface area (Å²) < 4.78 is 26.4. The van der Waals surface area contributed by atoms with Gasteiger partial charge in [-0.05, 0) is 37.8 Å². The summed E-state index contributed by atoms with van der Waals surface area (Å²) in [5.74, 6) is -0.718. The van der Waals surface area contributed by atoms with Crippen molar-refractivity contribution in [1.82, 2.24) is 0 Å². The Kier molecular flexibility index (Phi) is 2.40. The summed E-state index contributed by atoms with van der Waals surface area (Å²) in [5, 5.41) is 3.00. The van der Waals surface area contributed by atoms with Gasteiger partial charge in [-0.1, -0.05) is 0 Å². The predicted octanol–water partition coefficient (Wildman–Crippen LogP) is 3.24. The van der Waals surface area contributed by atoms with Crippen LogP contribution in [0.3, 0.4) is 0 Å². The topological polar surface area (TPSA) is 12.0 Å². The highest BCUT2D eigenvalue weighted by Gasteiger charge is 2.18. The van der Waals surface area contributed by atoms with Gasteiger partial charge in [0.15, 0.2) is 0 Å². The molecule has 1 fully saturated rings. The van der Waals surface area contributed by atoms with Crippen LogP contribution in [0.2, 0.25) is 0 Å². The van der Waals surface area contributed by atoms with E-state index in [1.165, 1.54) is 18.6 Å². The van der Waals surface area contributed by atoms with Gasteiger partial charge in [-0.2, -0.15) is 0 Å². The minimum atomic E-state index is -0.365. The molecule has 1 aliphatic carbocycles. The number of halogens is 2. The molecule has 1 aromatic rings. The maximum atomic E-state index is 13.3. The lowest BCUT2D eigenvalue weighted by Crippen LogP contribution is -2.27. The Balaban J connectivity index is 2.19. The molecule has 0 aliphatic heterocycles. The normalized spacial score (nSPS) is 16.5. The van der Waals surface area contributed by atoms with Crippen LogP contribution in [0.25, 0.3) is 0 Å². The van der Waals surface area contributed by atoms with E-state index >= 15 is 0 Å². The van der Waals surface area contributed by atoms with Crippen molar-refractivity contribution in [3.8, 4) is 0 Å². The standard InChI is InChI=1S/C11H13F2N/c1-7-5-10(13)11(6-9(7)12)14-8-3-2-4-8/h5-6,8,14H,2-4H2,1H3. The summed E-state index contributed by atoms with van der Waals surface area (Å²) in [6, 6.07) is 2.80. The highest BCUT2D eigenvalue weighted by atomic mass is 19.1. The predicted molar refractivity (Wildman–Crippen MR) is 52.4 cm³/mol. The fourth-order valence-corrected chi connectivity index (χ4v) is 1.53. The Morgan fingerprint density at radius 3 is 2.50 bits per heavy atom. The van der Waals surface area contributed by atoms with Gasteiger partial charge in [-0.3, -0.25) is 0 Å². The van der Waals surface area contributed by atoms with Crippen molar-refractivity contribution in [3.05, 3.63) is 29.3 Å². The summed E-state index contributed by atoms with van der Waals surface area (Å²) in [6.07, 6.45) is 3.28. The zero-order chi connectivity index (χ0) is 10.1. The van der Waals surface area contributed by atoms with E-state index < -0.39 is 0 Å². The average molecular weight is 197 g/mol. The maximum absolute atomic E-state index is 13.3. The zero-order valence-electron chi connectivity index (χ0n) is 8.11. The lowest BCUT2D eigenvalue weighted by molar-refractivity contribution is 0.442. The summed E-state index contributed by atoms with van der Waals surface area (Å²) in [6.45, 7) is 1.56. The summed E-state index contributed by atoms with van der Waals surface area (Å²) in [7, 11) is 0. The van der Waals surface area contributed by atoms with Crippen molar-refractivity contribution < 1.29 is 8.78 Å². The molecule has 1 aliphatic rings. The van der Waals surface area contributed by atoms with Crippen LogP contribution < -0.4 is 5.32 Å². The summed E-state index contributed by atoms with van der Waals surface area (Å²) >= 11 is 0. The molecule has 0 heterocycles. The van der Waals surface area contributed by atoms with E-state index in [-0.39, 0.29) is 17.3 Å². The first-order chi connectivity index (χ1) is 6.66. The van der Waals surface area contributed by atoms with Crippen molar-refractivity contribution in [2.24, 2.45) is 0 Å². The second-order valence-corrected chi connectivity index (χ2v) is 3.85. The van der Waals surface area contributed by atoms with Crippen molar-refractivity contribution in [2.75, 3.05) is 5.32 Å². The molecule has 1 saturated carbocycles. The van der Waals surface area contributed by atoms with Crippen molar-refractivity contribution in [1.29, 1.82) is 0 Å². The SMILES string of the molecule is Cc1cc(F)c(NC2CCC2)cc1F. The number of aryl methyl sites for hydroxylation is 1. The monoisotopic (exact) mass is 197 g/mol. The Hall–Kier alpha value is -1.12. The highest BCUT2D eigenvalue weighted by molar-refractivity contribution is 5.47. The second-order valence-electron chi connectivity index (χ2n) is 3.85. The molecule has 1 N–H and O–H groups in total.